The molecular formula is C21H14O3. The van der Waals surface area contributed by atoms with Gasteiger partial charge in [0.15, 0.2) is 11.6 Å². The highest BCUT2D eigenvalue weighted by atomic mass is 16.1. The predicted octanol–water partition coefficient (Wildman–Crippen LogP) is 3.96. The van der Waals surface area contributed by atoms with Crippen molar-refractivity contribution in [3.8, 4) is 0 Å². The summed E-state index contributed by atoms with van der Waals surface area (Å²) < 4.78 is 0. The molecule has 0 fully saturated rings. The van der Waals surface area contributed by atoms with Crippen LogP contribution in [0.5, 0.6) is 0 Å². The molecule has 0 bridgehead atoms. The van der Waals surface area contributed by atoms with Crippen LogP contribution in [0.25, 0.3) is 0 Å². The third-order valence-corrected chi connectivity index (χ3v) is 3.74. The summed E-state index contributed by atoms with van der Waals surface area (Å²) in [6, 6.07) is 22.0. The molecule has 0 amide bonds. The van der Waals surface area contributed by atoms with E-state index in [4.69, 9.17) is 0 Å². The van der Waals surface area contributed by atoms with E-state index < -0.39 is 0 Å². The van der Waals surface area contributed by atoms with E-state index in [9.17, 15) is 14.4 Å². The summed E-state index contributed by atoms with van der Waals surface area (Å²) in [6.07, 6.45) is 0.665. The van der Waals surface area contributed by atoms with Crippen molar-refractivity contribution in [2.24, 2.45) is 0 Å². The highest BCUT2D eigenvalue weighted by Gasteiger charge is 2.20. The zero-order chi connectivity index (χ0) is 16.9. The van der Waals surface area contributed by atoms with E-state index in [1.54, 1.807) is 54.6 Å². The van der Waals surface area contributed by atoms with Crippen LogP contribution in [0.2, 0.25) is 0 Å². The molecule has 3 aromatic rings. The van der Waals surface area contributed by atoms with Gasteiger partial charge in [-0.05, 0) is 12.1 Å². The van der Waals surface area contributed by atoms with Crippen LogP contribution in [-0.4, -0.2) is 17.9 Å². The highest BCUT2D eigenvalue weighted by molar-refractivity contribution is 6.20. The maximum Gasteiger partial charge on any atom is 0.193 e. The first-order valence-electron chi connectivity index (χ1n) is 7.49. The molecule has 0 radical (unpaired) electrons. The van der Waals surface area contributed by atoms with Gasteiger partial charge in [0.25, 0.3) is 0 Å². The number of rotatable bonds is 5. The first-order chi connectivity index (χ1) is 11.7. The Morgan fingerprint density at radius 2 is 1.12 bits per heavy atom. The molecule has 3 rings (SSSR count). The largest absolute Gasteiger partial charge is 0.298 e. The van der Waals surface area contributed by atoms with Crippen molar-refractivity contribution in [3.63, 3.8) is 0 Å². The Labute approximate surface area is 139 Å². The predicted molar refractivity (Wildman–Crippen MR) is 91.6 cm³/mol. The fourth-order valence-electron chi connectivity index (χ4n) is 2.51. The monoisotopic (exact) mass is 314 g/mol. The standard InChI is InChI=1S/C21H14O3/c22-14-15-11-12-18(20(23)16-7-3-1-4-8-16)19(13-15)21(24)17-9-5-2-6-10-17/h1-14H. The smallest absolute Gasteiger partial charge is 0.193 e. The van der Waals surface area contributed by atoms with Gasteiger partial charge >= 0.3 is 0 Å². The first-order valence-corrected chi connectivity index (χ1v) is 7.49. The molecule has 0 saturated heterocycles. The van der Waals surface area contributed by atoms with Crippen LogP contribution in [-0.2, 0) is 0 Å². The van der Waals surface area contributed by atoms with Crippen molar-refractivity contribution in [2.45, 2.75) is 0 Å². The third-order valence-electron chi connectivity index (χ3n) is 3.74. The van der Waals surface area contributed by atoms with E-state index >= 15 is 0 Å². The van der Waals surface area contributed by atoms with Crippen LogP contribution in [0.4, 0.5) is 0 Å². The topological polar surface area (TPSA) is 51.2 Å². The van der Waals surface area contributed by atoms with Crippen LogP contribution < -0.4 is 0 Å². The maximum absolute atomic E-state index is 12.8. The van der Waals surface area contributed by atoms with Crippen molar-refractivity contribution in [3.05, 3.63) is 107 Å². The Bertz CT molecular complexity index is 897. The molecule has 0 aliphatic carbocycles. The number of hydrogen-bond donors (Lipinski definition) is 0. The Hall–Kier alpha value is -3.33. The summed E-state index contributed by atoms with van der Waals surface area (Å²) >= 11 is 0. The minimum atomic E-state index is -0.279. The van der Waals surface area contributed by atoms with Crippen molar-refractivity contribution in [1.82, 2.24) is 0 Å². The van der Waals surface area contributed by atoms with Crippen molar-refractivity contribution >= 4 is 17.9 Å². The number of carbonyl (C=O) groups is 3. The Balaban J connectivity index is 2.12. The highest BCUT2D eigenvalue weighted by Crippen LogP contribution is 2.20. The summed E-state index contributed by atoms with van der Waals surface area (Å²) in [4.78, 5) is 36.6. The van der Waals surface area contributed by atoms with Gasteiger partial charge in [0.2, 0.25) is 0 Å². The molecule has 0 aliphatic heterocycles. The molecule has 3 aromatic carbocycles. The molecule has 0 heterocycles. The molecule has 0 atom stereocenters. The minimum absolute atomic E-state index is 0.236. The molecule has 0 aromatic heterocycles. The molecule has 0 aliphatic rings. The average Bonchev–Trinajstić information content (AvgIpc) is 2.67. The lowest BCUT2D eigenvalue weighted by Gasteiger charge is -2.09. The lowest BCUT2D eigenvalue weighted by Crippen LogP contribution is -2.11. The van der Waals surface area contributed by atoms with Crippen LogP contribution in [0.15, 0.2) is 78.9 Å². The number of hydrogen-bond acceptors (Lipinski definition) is 3. The summed E-state index contributed by atoms with van der Waals surface area (Å²) in [5, 5.41) is 0. The molecule has 3 heteroatoms. The summed E-state index contributed by atoms with van der Waals surface area (Å²) in [7, 11) is 0. The molecule has 0 saturated carbocycles. The normalized spacial score (nSPS) is 10.2. The van der Waals surface area contributed by atoms with Crippen LogP contribution >= 0.6 is 0 Å². The minimum Gasteiger partial charge on any atom is -0.298 e. The number of ketones is 2. The molecule has 116 valence electrons. The van der Waals surface area contributed by atoms with Crippen LogP contribution in [0.1, 0.15) is 42.2 Å². The molecule has 3 nitrogen and oxygen atoms in total. The fraction of sp³-hybridized carbons (Fsp3) is 0. The van der Waals surface area contributed by atoms with Gasteiger partial charge in [0.05, 0.1) is 0 Å². The Morgan fingerprint density at radius 3 is 1.62 bits per heavy atom. The number of carbonyl (C=O) groups excluding carboxylic acids is 3. The molecule has 0 N–H and O–H groups in total. The fourth-order valence-corrected chi connectivity index (χ4v) is 2.51. The molecule has 0 spiro atoms. The maximum atomic E-state index is 12.8. The number of aldehydes is 1. The van der Waals surface area contributed by atoms with E-state index in [2.05, 4.69) is 0 Å². The molecule has 0 unspecified atom stereocenters. The summed E-state index contributed by atoms with van der Waals surface area (Å²) in [5.41, 5.74) is 1.86. The van der Waals surface area contributed by atoms with Gasteiger partial charge in [0, 0.05) is 27.8 Å². The van der Waals surface area contributed by atoms with Gasteiger partial charge in [-0.25, -0.2) is 0 Å². The van der Waals surface area contributed by atoms with Crippen LogP contribution in [0, 0.1) is 0 Å². The van der Waals surface area contributed by atoms with Crippen molar-refractivity contribution in [2.75, 3.05) is 0 Å². The summed E-state index contributed by atoms with van der Waals surface area (Å²) in [5.74, 6) is -0.522. The van der Waals surface area contributed by atoms with E-state index in [1.807, 2.05) is 12.1 Å². The van der Waals surface area contributed by atoms with E-state index in [0.29, 0.717) is 28.5 Å². The second-order valence-electron chi connectivity index (χ2n) is 5.31. The van der Waals surface area contributed by atoms with Crippen molar-refractivity contribution < 1.29 is 14.4 Å². The van der Waals surface area contributed by atoms with Gasteiger partial charge in [0.1, 0.15) is 6.29 Å². The lowest BCUT2D eigenvalue weighted by atomic mass is 9.92. The first kappa shape index (κ1) is 15.6. The van der Waals surface area contributed by atoms with Crippen LogP contribution in [0.3, 0.4) is 0 Å². The lowest BCUT2D eigenvalue weighted by molar-refractivity contribution is 0.100. The number of benzene rings is 3. The quantitative estimate of drug-likeness (QED) is 0.529. The Morgan fingerprint density at radius 1 is 0.625 bits per heavy atom. The average molecular weight is 314 g/mol. The van der Waals surface area contributed by atoms with Gasteiger partial charge in [-0.1, -0.05) is 66.7 Å². The Kier molecular flexibility index (Phi) is 4.43. The van der Waals surface area contributed by atoms with Gasteiger partial charge < -0.3 is 0 Å². The van der Waals surface area contributed by atoms with Gasteiger partial charge in [-0.3, -0.25) is 14.4 Å². The zero-order valence-corrected chi connectivity index (χ0v) is 12.8. The SMILES string of the molecule is O=Cc1ccc(C(=O)c2ccccc2)c(C(=O)c2ccccc2)c1. The van der Waals surface area contributed by atoms with Gasteiger partial charge in [-0.2, -0.15) is 0 Å². The third kappa shape index (κ3) is 3.06. The molecule has 24 heavy (non-hydrogen) atoms. The van der Waals surface area contributed by atoms with Crippen molar-refractivity contribution in [1.29, 1.82) is 0 Å². The van der Waals surface area contributed by atoms with Gasteiger partial charge in [-0.15, -0.1) is 0 Å². The summed E-state index contributed by atoms with van der Waals surface area (Å²) in [6.45, 7) is 0. The second-order valence-corrected chi connectivity index (χ2v) is 5.31. The van der Waals surface area contributed by atoms with E-state index in [1.165, 1.54) is 12.1 Å². The van der Waals surface area contributed by atoms with E-state index in [-0.39, 0.29) is 17.1 Å². The molecular weight excluding hydrogens is 300 g/mol. The second kappa shape index (κ2) is 6.84. The zero-order valence-electron chi connectivity index (χ0n) is 12.8. The van der Waals surface area contributed by atoms with E-state index in [0.717, 1.165) is 0 Å².